The molecule has 0 saturated carbocycles. The Bertz CT molecular complexity index is 1180. The Morgan fingerprint density at radius 3 is 0.821 bits per heavy atom. The van der Waals surface area contributed by atoms with Crippen molar-refractivity contribution < 1.29 is 25.5 Å². The van der Waals surface area contributed by atoms with Crippen LogP contribution in [-0.2, 0) is 0 Å². The van der Waals surface area contributed by atoms with E-state index in [0.29, 0.717) is 26.2 Å². The van der Waals surface area contributed by atoms with Crippen molar-refractivity contribution in [1.82, 2.24) is 24.5 Å². The van der Waals surface area contributed by atoms with Gasteiger partial charge in [0.15, 0.2) is 0 Å². The van der Waals surface area contributed by atoms with Gasteiger partial charge < -0.3 is 25.5 Å². The number of nitrogens with zero attached hydrogens (tertiary/aromatic N) is 5. The van der Waals surface area contributed by atoms with E-state index < -0.39 is 24.7 Å². The summed E-state index contributed by atoms with van der Waals surface area (Å²) < 4.78 is 0. The maximum atomic E-state index is 11.8. The summed E-state index contributed by atoms with van der Waals surface area (Å²) in [5.74, 6) is 0. The summed E-state index contributed by atoms with van der Waals surface area (Å²) in [5.41, 5.74) is 0. The lowest BCUT2D eigenvalue weighted by Gasteiger charge is -2.38. The molecule has 1 aliphatic rings. The molecule has 5 atom stereocenters. The first kappa shape index (κ1) is 75.6. The molecule has 10 heteroatoms. The van der Waals surface area contributed by atoms with Crippen molar-refractivity contribution in [3.05, 3.63) is 0 Å². The first-order valence-corrected chi connectivity index (χ1v) is 35.2. The maximum Gasteiger partial charge on any atom is 0.107 e. The first-order chi connectivity index (χ1) is 38.2. The molecular formula is C68H141N5O5. The number of rotatable bonds is 62. The zero-order valence-electron chi connectivity index (χ0n) is 53.4. The van der Waals surface area contributed by atoms with Gasteiger partial charge >= 0.3 is 0 Å². The Morgan fingerprint density at radius 1 is 0.269 bits per heavy atom. The van der Waals surface area contributed by atoms with E-state index in [0.717, 1.165) is 130 Å². The molecule has 1 saturated heterocycles. The molecule has 5 unspecified atom stereocenters. The third-order valence-corrected chi connectivity index (χ3v) is 17.6. The third kappa shape index (κ3) is 47.0. The second kappa shape index (κ2) is 57.1. The summed E-state index contributed by atoms with van der Waals surface area (Å²) >= 11 is 0. The molecule has 0 radical (unpaired) electrons. The lowest BCUT2D eigenvalue weighted by Crippen LogP contribution is -2.52. The standard InChI is InChI=1S/C68H141N5O5/c1-6-11-16-21-26-31-36-41-46-64(74)61-71(58-60-73(68(78)50-45-40-35-30-25-20-15-10-5)63-66(76)48-43-38-33-28-23-18-13-8-3)56-55-69-51-53-70(54-52-69)57-59-72(67(77)49-44-39-34-29-24-19-14-9-4)62-65(75)47-42-37-32-27-22-17-12-7-2/h64-68,74-78H,6-63H2,1-5H3. The molecule has 5 N–H and O–H groups in total. The van der Waals surface area contributed by atoms with Gasteiger partial charge in [-0.1, -0.05) is 279 Å². The number of hydrogen-bond acceptors (Lipinski definition) is 10. The van der Waals surface area contributed by atoms with Crippen LogP contribution in [0.25, 0.3) is 0 Å². The molecule has 0 aromatic rings. The summed E-state index contributed by atoms with van der Waals surface area (Å²) in [7, 11) is 0. The van der Waals surface area contributed by atoms with Crippen LogP contribution < -0.4 is 0 Å². The lowest BCUT2D eigenvalue weighted by atomic mass is 10.0. The average molecular weight is 1110 g/mol. The highest BCUT2D eigenvalue weighted by Crippen LogP contribution is 2.19. The zero-order valence-corrected chi connectivity index (χ0v) is 53.4. The van der Waals surface area contributed by atoms with Crippen LogP contribution in [0.2, 0.25) is 0 Å². The van der Waals surface area contributed by atoms with E-state index >= 15 is 0 Å². The molecule has 0 aliphatic carbocycles. The predicted molar refractivity (Wildman–Crippen MR) is 339 cm³/mol. The van der Waals surface area contributed by atoms with Gasteiger partial charge in [0.1, 0.15) is 12.5 Å². The summed E-state index contributed by atoms with van der Waals surface area (Å²) in [6, 6.07) is 0. The molecule has 78 heavy (non-hydrogen) atoms. The second-order valence-electron chi connectivity index (χ2n) is 25.2. The zero-order chi connectivity index (χ0) is 56.8. The number of unbranched alkanes of at least 4 members (excludes halogenated alkanes) is 35. The Labute approximate surface area is 487 Å². The van der Waals surface area contributed by atoms with E-state index in [9.17, 15) is 25.5 Å². The van der Waals surface area contributed by atoms with Crippen LogP contribution in [0.4, 0.5) is 0 Å². The highest BCUT2D eigenvalue weighted by molar-refractivity contribution is 4.78. The van der Waals surface area contributed by atoms with Gasteiger partial charge in [-0.3, -0.25) is 24.5 Å². The van der Waals surface area contributed by atoms with Crippen LogP contribution in [0, 0.1) is 0 Å². The maximum absolute atomic E-state index is 11.8. The number of aliphatic hydroxyl groups is 5. The van der Waals surface area contributed by atoms with Gasteiger partial charge in [0.25, 0.3) is 0 Å². The van der Waals surface area contributed by atoms with E-state index in [4.69, 9.17) is 0 Å². The molecular weight excluding hydrogens is 967 g/mol. The molecule has 468 valence electrons. The number of aliphatic hydroxyl groups excluding tert-OH is 5. The third-order valence-electron chi connectivity index (χ3n) is 17.6. The molecule has 0 spiro atoms. The van der Waals surface area contributed by atoms with E-state index in [1.165, 1.54) is 218 Å². The Hall–Kier alpha value is -0.400. The highest BCUT2D eigenvalue weighted by atomic mass is 16.3. The quantitative estimate of drug-likeness (QED) is 0.0298. The van der Waals surface area contributed by atoms with Gasteiger partial charge in [-0.15, -0.1) is 0 Å². The van der Waals surface area contributed by atoms with Crippen LogP contribution in [0.1, 0.15) is 324 Å². The van der Waals surface area contributed by atoms with Crippen molar-refractivity contribution in [2.45, 2.75) is 354 Å². The molecule has 0 amide bonds. The normalized spacial score (nSPS) is 15.8. The smallest absolute Gasteiger partial charge is 0.107 e. The SMILES string of the molecule is CCCCCCCCCCC(O)CN(CCN1CCN(CCN(CC(O)CCCCCCCCCC)C(O)CCCCCCCCCC)CC1)CCN(CC(O)CCCCCCCCCC)C(O)CCCCCCCCCC. The second-order valence-corrected chi connectivity index (χ2v) is 25.2. The van der Waals surface area contributed by atoms with Crippen LogP contribution in [0.15, 0.2) is 0 Å². The number of hydrogen-bond donors (Lipinski definition) is 5. The van der Waals surface area contributed by atoms with Crippen LogP contribution >= 0.6 is 0 Å². The van der Waals surface area contributed by atoms with Crippen molar-refractivity contribution >= 4 is 0 Å². The fourth-order valence-corrected chi connectivity index (χ4v) is 12.0. The fraction of sp³-hybridized carbons (Fsp3) is 1.00. The van der Waals surface area contributed by atoms with Gasteiger partial charge in [-0.05, 0) is 44.9 Å². The van der Waals surface area contributed by atoms with E-state index in [1.54, 1.807) is 0 Å². The topological polar surface area (TPSA) is 117 Å². The largest absolute Gasteiger partial charge is 0.392 e. The molecule has 1 aliphatic heterocycles. The molecule has 1 fully saturated rings. The van der Waals surface area contributed by atoms with Crippen molar-refractivity contribution in [3.63, 3.8) is 0 Å². The molecule has 1 heterocycles. The lowest BCUT2D eigenvalue weighted by molar-refractivity contribution is -0.0374. The first-order valence-electron chi connectivity index (χ1n) is 35.2. The van der Waals surface area contributed by atoms with E-state index in [-0.39, 0.29) is 6.10 Å². The number of piperazine rings is 1. The van der Waals surface area contributed by atoms with Gasteiger partial charge in [-0.25, -0.2) is 0 Å². The molecule has 0 aromatic carbocycles. The summed E-state index contributed by atoms with van der Waals surface area (Å²) in [6.45, 7) is 22.1. The molecule has 10 nitrogen and oxygen atoms in total. The van der Waals surface area contributed by atoms with Crippen molar-refractivity contribution in [2.75, 3.05) is 85.1 Å². The predicted octanol–water partition coefficient (Wildman–Crippen LogP) is 15.9. The molecule has 1 rings (SSSR count). The molecule has 0 aromatic heterocycles. The minimum Gasteiger partial charge on any atom is -0.392 e. The Morgan fingerprint density at radius 2 is 0.513 bits per heavy atom. The van der Waals surface area contributed by atoms with Crippen LogP contribution in [-0.4, -0.2) is 166 Å². The minimum atomic E-state index is -0.559. The van der Waals surface area contributed by atoms with Crippen molar-refractivity contribution in [2.24, 2.45) is 0 Å². The molecule has 0 bridgehead atoms. The fourth-order valence-electron chi connectivity index (χ4n) is 12.0. The summed E-state index contributed by atoms with van der Waals surface area (Å²) in [6.07, 6.45) is 52.1. The monoisotopic (exact) mass is 1110 g/mol. The van der Waals surface area contributed by atoms with Crippen LogP contribution in [0.3, 0.4) is 0 Å². The average Bonchev–Trinajstić information content (AvgIpc) is 3.44. The Kier molecular flexibility index (Phi) is 55.3. The Balaban J connectivity index is 2.94. The van der Waals surface area contributed by atoms with Crippen LogP contribution in [0.5, 0.6) is 0 Å². The van der Waals surface area contributed by atoms with Gasteiger partial charge in [0.2, 0.25) is 0 Å². The van der Waals surface area contributed by atoms with Gasteiger partial charge in [0.05, 0.1) is 18.3 Å². The van der Waals surface area contributed by atoms with Crippen molar-refractivity contribution in [1.29, 1.82) is 0 Å². The summed E-state index contributed by atoms with van der Waals surface area (Å²) in [4.78, 5) is 12.0. The van der Waals surface area contributed by atoms with E-state index in [2.05, 4.69) is 59.1 Å². The van der Waals surface area contributed by atoms with E-state index in [1.807, 2.05) is 0 Å². The van der Waals surface area contributed by atoms with Crippen molar-refractivity contribution in [3.8, 4) is 0 Å². The highest BCUT2D eigenvalue weighted by Gasteiger charge is 2.25. The summed E-state index contributed by atoms with van der Waals surface area (Å²) in [5, 5.41) is 57.5. The van der Waals surface area contributed by atoms with Gasteiger partial charge in [-0.2, -0.15) is 0 Å². The minimum absolute atomic E-state index is 0.363. The van der Waals surface area contributed by atoms with Gasteiger partial charge in [0, 0.05) is 85.1 Å².